The molecule has 0 aliphatic carbocycles. The summed E-state index contributed by atoms with van der Waals surface area (Å²) in [6.07, 6.45) is 0. The molecular weight excluding hydrogens is 342 g/mol. The number of aryl methyl sites for hydroxylation is 1. The molecule has 0 radical (unpaired) electrons. The molecule has 0 fully saturated rings. The molecule has 136 valence electrons. The number of rotatable bonds is 4. The Bertz CT molecular complexity index is 1140. The number of aromatic nitrogens is 5. The molecule has 0 saturated heterocycles. The monoisotopic (exact) mass is 361 g/mol. The van der Waals surface area contributed by atoms with Crippen LogP contribution in [-0.2, 0) is 0 Å². The summed E-state index contributed by atoms with van der Waals surface area (Å²) in [5, 5.41) is 8.18. The molecule has 0 spiro atoms. The molecule has 4 rings (SSSR count). The maximum atomic E-state index is 13.0. The van der Waals surface area contributed by atoms with E-state index in [0.717, 1.165) is 11.3 Å². The third kappa shape index (κ3) is 3.08. The van der Waals surface area contributed by atoms with E-state index in [1.165, 1.54) is 4.57 Å². The van der Waals surface area contributed by atoms with Gasteiger partial charge in [0.2, 0.25) is 0 Å². The summed E-state index contributed by atoms with van der Waals surface area (Å²) >= 11 is 0. The van der Waals surface area contributed by atoms with Crippen LogP contribution in [0.2, 0.25) is 0 Å². The minimum absolute atomic E-state index is 0.142. The summed E-state index contributed by atoms with van der Waals surface area (Å²) in [5.74, 6) is 0.611. The minimum atomic E-state index is -0.278. The maximum absolute atomic E-state index is 13.0. The first-order valence-corrected chi connectivity index (χ1v) is 8.72. The first kappa shape index (κ1) is 17.0. The van der Waals surface area contributed by atoms with E-state index in [1.807, 2.05) is 75.4 Å². The van der Waals surface area contributed by atoms with Gasteiger partial charge in [-0.25, -0.2) is 0 Å². The Morgan fingerprint density at radius 1 is 1.00 bits per heavy atom. The van der Waals surface area contributed by atoms with Crippen molar-refractivity contribution in [2.45, 2.75) is 26.8 Å². The van der Waals surface area contributed by atoms with Crippen molar-refractivity contribution in [3.63, 3.8) is 0 Å². The van der Waals surface area contributed by atoms with E-state index in [-0.39, 0.29) is 23.1 Å². The topological polar surface area (TPSA) is 74.8 Å². The van der Waals surface area contributed by atoms with Gasteiger partial charge in [0, 0.05) is 6.04 Å². The third-order valence-corrected chi connectivity index (χ3v) is 4.22. The molecule has 0 saturated carbocycles. The van der Waals surface area contributed by atoms with E-state index in [0.29, 0.717) is 11.4 Å². The zero-order chi connectivity index (χ0) is 19.0. The largest absolute Gasteiger partial charge is 0.425 e. The second kappa shape index (κ2) is 6.68. The van der Waals surface area contributed by atoms with Gasteiger partial charge in [-0.1, -0.05) is 41.1 Å². The molecule has 0 amide bonds. The summed E-state index contributed by atoms with van der Waals surface area (Å²) in [7, 11) is 0. The Balaban J connectivity index is 1.92. The number of ether oxygens (including phenoxy) is 1. The van der Waals surface area contributed by atoms with Crippen molar-refractivity contribution in [3.05, 3.63) is 70.5 Å². The highest BCUT2D eigenvalue weighted by atomic mass is 16.5. The fourth-order valence-electron chi connectivity index (χ4n) is 2.84. The van der Waals surface area contributed by atoms with Crippen LogP contribution >= 0.6 is 0 Å². The van der Waals surface area contributed by atoms with Crippen molar-refractivity contribution >= 4 is 11.2 Å². The molecule has 2 heterocycles. The lowest BCUT2D eigenvalue weighted by Gasteiger charge is -2.15. The molecule has 2 aromatic heterocycles. The maximum Gasteiger partial charge on any atom is 0.307 e. The van der Waals surface area contributed by atoms with Crippen LogP contribution in [0.15, 0.2) is 59.4 Å². The van der Waals surface area contributed by atoms with Gasteiger partial charge < -0.3 is 4.74 Å². The fourth-order valence-corrected chi connectivity index (χ4v) is 2.84. The average Bonchev–Trinajstić information content (AvgIpc) is 3.08. The van der Waals surface area contributed by atoms with Crippen LogP contribution in [0.4, 0.5) is 0 Å². The number of hydrogen-bond acceptors (Lipinski definition) is 5. The molecular formula is C20H19N5O2. The van der Waals surface area contributed by atoms with Crippen molar-refractivity contribution in [2.24, 2.45) is 0 Å². The molecule has 0 aliphatic rings. The fraction of sp³-hybridized carbons (Fsp3) is 0.200. The Kier molecular flexibility index (Phi) is 4.19. The van der Waals surface area contributed by atoms with Crippen molar-refractivity contribution in [1.29, 1.82) is 0 Å². The van der Waals surface area contributed by atoms with Crippen LogP contribution in [0.3, 0.4) is 0 Å². The van der Waals surface area contributed by atoms with Gasteiger partial charge in [0.25, 0.3) is 5.56 Å². The van der Waals surface area contributed by atoms with Crippen molar-refractivity contribution in [2.75, 3.05) is 0 Å². The molecule has 0 N–H and O–H groups in total. The van der Waals surface area contributed by atoms with Crippen LogP contribution in [0.5, 0.6) is 11.8 Å². The van der Waals surface area contributed by atoms with Crippen LogP contribution in [0.1, 0.15) is 25.5 Å². The Morgan fingerprint density at radius 3 is 2.37 bits per heavy atom. The minimum Gasteiger partial charge on any atom is -0.425 e. The zero-order valence-electron chi connectivity index (χ0n) is 15.3. The Labute approximate surface area is 155 Å². The molecule has 27 heavy (non-hydrogen) atoms. The predicted molar refractivity (Wildman–Crippen MR) is 103 cm³/mol. The summed E-state index contributed by atoms with van der Waals surface area (Å²) in [4.78, 5) is 17.6. The van der Waals surface area contributed by atoms with Gasteiger partial charge >= 0.3 is 6.01 Å². The van der Waals surface area contributed by atoms with Crippen LogP contribution in [-0.4, -0.2) is 24.5 Å². The highest BCUT2D eigenvalue weighted by Gasteiger charge is 2.20. The second-order valence-corrected chi connectivity index (χ2v) is 6.59. The Hall–Kier alpha value is -3.48. The van der Waals surface area contributed by atoms with Gasteiger partial charge in [-0.15, -0.1) is 5.10 Å². The van der Waals surface area contributed by atoms with Gasteiger partial charge in [-0.3, -0.25) is 9.36 Å². The first-order valence-electron chi connectivity index (χ1n) is 8.72. The van der Waals surface area contributed by atoms with E-state index in [1.54, 1.807) is 4.68 Å². The van der Waals surface area contributed by atoms with E-state index in [2.05, 4.69) is 15.3 Å². The Morgan fingerprint density at radius 2 is 1.70 bits per heavy atom. The smallest absolute Gasteiger partial charge is 0.307 e. The van der Waals surface area contributed by atoms with Crippen LogP contribution in [0, 0.1) is 6.92 Å². The van der Waals surface area contributed by atoms with Crippen molar-refractivity contribution in [1.82, 2.24) is 24.5 Å². The van der Waals surface area contributed by atoms with E-state index in [9.17, 15) is 4.79 Å². The van der Waals surface area contributed by atoms with Gasteiger partial charge in [0.1, 0.15) is 5.75 Å². The van der Waals surface area contributed by atoms with Gasteiger partial charge in [0.15, 0.2) is 11.2 Å². The molecule has 0 aliphatic heterocycles. The number of benzene rings is 2. The van der Waals surface area contributed by atoms with Crippen molar-refractivity contribution < 1.29 is 4.74 Å². The number of nitrogens with zero attached hydrogens (tertiary/aromatic N) is 5. The molecule has 0 bridgehead atoms. The lowest BCUT2D eigenvalue weighted by Crippen LogP contribution is -2.25. The highest BCUT2D eigenvalue weighted by Crippen LogP contribution is 2.23. The second-order valence-electron chi connectivity index (χ2n) is 6.59. The van der Waals surface area contributed by atoms with Gasteiger partial charge in [-0.05, 0) is 45.0 Å². The number of para-hydroxylation sites is 1. The molecule has 0 atom stereocenters. The van der Waals surface area contributed by atoms with E-state index >= 15 is 0 Å². The zero-order valence-corrected chi connectivity index (χ0v) is 15.3. The van der Waals surface area contributed by atoms with Crippen LogP contribution < -0.4 is 10.3 Å². The van der Waals surface area contributed by atoms with Crippen LogP contribution in [0.25, 0.3) is 16.9 Å². The van der Waals surface area contributed by atoms with Gasteiger partial charge in [0.05, 0.1) is 5.69 Å². The first-order chi connectivity index (χ1) is 13.0. The van der Waals surface area contributed by atoms with E-state index < -0.39 is 0 Å². The molecule has 4 aromatic rings. The summed E-state index contributed by atoms with van der Waals surface area (Å²) in [6, 6.07) is 17.1. The highest BCUT2D eigenvalue weighted by molar-refractivity contribution is 5.71. The average molecular weight is 361 g/mol. The van der Waals surface area contributed by atoms with Gasteiger partial charge in [-0.2, -0.15) is 9.67 Å². The predicted octanol–water partition coefficient (Wildman–Crippen LogP) is 3.66. The van der Waals surface area contributed by atoms with Crippen molar-refractivity contribution in [3.8, 4) is 17.4 Å². The summed E-state index contributed by atoms with van der Waals surface area (Å²) in [5.41, 5.74) is 2.20. The number of fused-ring (bicyclic) bond motifs is 1. The summed E-state index contributed by atoms with van der Waals surface area (Å²) < 4.78 is 9.00. The van der Waals surface area contributed by atoms with E-state index in [4.69, 9.17) is 4.74 Å². The molecule has 7 nitrogen and oxygen atoms in total. The third-order valence-electron chi connectivity index (χ3n) is 4.22. The standard InChI is InChI=1S/C20H19N5O2/c1-13(2)24-19(26)17-18(25(23-22-17)15-7-5-4-6-8-15)21-20(24)27-16-11-9-14(3)10-12-16/h4-13H,1-3H3. The lowest BCUT2D eigenvalue weighted by atomic mass is 10.2. The lowest BCUT2D eigenvalue weighted by molar-refractivity contribution is 0.382. The molecule has 0 unspecified atom stereocenters. The normalized spacial score (nSPS) is 11.3. The molecule has 7 heteroatoms. The number of hydrogen-bond donors (Lipinski definition) is 0. The molecule has 2 aromatic carbocycles. The quantitative estimate of drug-likeness (QED) is 0.554. The summed E-state index contributed by atoms with van der Waals surface area (Å²) in [6.45, 7) is 5.80. The SMILES string of the molecule is Cc1ccc(Oc2nc3c(nnn3-c3ccccc3)c(=O)n2C(C)C)cc1.